The van der Waals surface area contributed by atoms with E-state index in [1.807, 2.05) is 12.1 Å². The lowest BCUT2D eigenvalue weighted by molar-refractivity contribution is 0.916. The van der Waals surface area contributed by atoms with Gasteiger partial charge in [0.2, 0.25) is 0 Å². The maximum Gasteiger partial charge on any atom is 0.0485 e. The highest BCUT2D eigenvalue weighted by atomic mass is 35.5. The minimum absolute atomic E-state index is 0.684. The van der Waals surface area contributed by atoms with Crippen LogP contribution < -0.4 is 5.73 Å². The number of benzene rings is 1. The van der Waals surface area contributed by atoms with Gasteiger partial charge in [0.25, 0.3) is 0 Å². The monoisotopic (exact) mass is 262 g/mol. The van der Waals surface area contributed by atoms with Crippen LogP contribution in [0.4, 0.5) is 0 Å². The number of nitrogens with two attached hydrogens (primary N) is 1. The lowest BCUT2D eigenvalue weighted by Crippen LogP contribution is -2.05. The first kappa shape index (κ1) is 13.2. The largest absolute Gasteiger partial charge is 0.330 e. The molecule has 2 rings (SSSR count). The Hall–Kier alpha value is -1.25. The van der Waals surface area contributed by atoms with Gasteiger partial charge in [-0.2, -0.15) is 0 Å². The average Bonchev–Trinajstić information content (AvgIpc) is 2.56. The molecule has 0 saturated carbocycles. The normalized spacial score (nSPS) is 10.9. The van der Waals surface area contributed by atoms with Gasteiger partial charge in [0.1, 0.15) is 0 Å². The molecule has 0 radical (unpaired) electrons. The molecule has 0 aliphatic heterocycles. The van der Waals surface area contributed by atoms with Crippen LogP contribution in [0.3, 0.4) is 0 Å². The third-order valence-electron chi connectivity index (χ3n) is 3.35. The van der Waals surface area contributed by atoms with Crippen molar-refractivity contribution in [2.24, 2.45) is 5.73 Å². The Balaban J connectivity index is 2.56. The van der Waals surface area contributed by atoms with Crippen LogP contribution in [0.2, 0.25) is 5.02 Å². The topological polar surface area (TPSA) is 30.9 Å². The summed E-state index contributed by atoms with van der Waals surface area (Å²) in [6, 6.07) is 8.23. The Kier molecular flexibility index (Phi) is 3.79. The van der Waals surface area contributed by atoms with Crippen LogP contribution >= 0.6 is 11.6 Å². The lowest BCUT2D eigenvalue weighted by atomic mass is 10.1. The Morgan fingerprint density at radius 2 is 1.89 bits per heavy atom. The van der Waals surface area contributed by atoms with Crippen molar-refractivity contribution in [3.05, 3.63) is 51.8 Å². The van der Waals surface area contributed by atoms with Gasteiger partial charge in [-0.25, -0.2) is 0 Å². The van der Waals surface area contributed by atoms with E-state index in [1.165, 1.54) is 28.2 Å². The van der Waals surface area contributed by atoms with Crippen LogP contribution in [0.1, 0.15) is 22.5 Å². The fraction of sp³-hybridized carbons (Fsp3) is 0.333. The Morgan fingerprint density at radius 3 is 2.50 bits per heavy atom. The number of aryl methyl sites for hydroxylation is 2. The summed E-state index contributed by atoms with van der Waals surface area (Å²) in [6.07, 6.45) is 0.923. The summed E-state index contributed by atoms with van der Waals surface area (Å²) in [7, 11) is 0. The molecule has 1 aromatic carbocycles. The molecule has 18 heavy (non-hydrogen) atoms. The zero-order valence-electron chi connectivity index (χ0n) is 11.1. The van der Waals surface area contributed by atoms with E-state index in [-0.39, 0.29) is 0 Å². The first-order chi connectivity index (χ1) is 8.54. The van der Waals surface area contributed by atoms with Crippen molar-refractivity contribution in [2.75, 3.05) is 6.54 Å². The van der Waals surface area contributed by atoms with Gasteiger partial charge in [-0.05, 0) is 69.1 Å². The summed E-state index contributed by atoms with van der Waals surface area (Å²) >= 11 is 6.01. The SMILES string of the molecule is Cc1cc(Cl)ccc1-n1c(C)cc(CCN)c1C. The maximum atomic E-state index is 6.01. The molecule has 0 bridgehead atoms. The van der Waals surface area contributed by atoms with Crippen molar-refractivity contribution >= 4 is 11.6 Å². The summed E-state index contributed by atoms with van der Waals surface area (Å²) in [6.45, 7) is 7.04. The first-order valence-electron chi connectivity index (χ1n) is 6.19. The lowest BCUT2D eigenvalue weighted by Gasteiger charge is -2.13. The van der Waals surface area contributed by atoms with Crippen molar-refractivity contribution < 1.29 is 0 Å². The molecule has 0 spiro atoms. The number of nitrogens with zero attached hydrogens (tertiary/aromatic N) is 1. The predicted molar refractivity (Wildman–Crippen MR) is 77.7 cm³/mol. The molecule has 2 N–H and O–H groups in total. The Labute approximate surface area is 113 Å². The predicted octanol–water partition coefficient (Wildman–Crippen LogP) is 3.56. The molecule has 0 saturated heterocycles. The Morgan fingerprint density at radius 1 is 1.17 bits per heavy atom. The standard InChI is InChI=1S/C15H19ClN2/c1-10-8-14(16)4-5-15(10)18-11(2)9-13(6-7-17)12(18)3/h4-5,8-9H,6-7,17H2,1-3H3. The Bertz CT molecular complexity index is 570. The molecule has 0 amide bonds. The molecule has 0 fully saturated rings. The molecule has 0 aliphatic rings. The molecule has 1 aromatic heterocycles. The van der Waals surface area contributed by atoms with E-state index in [4.69, 9.17) is 17.3 Å². The minimum atomic E-state index is 0.684. The van der Waals surface area contributed by atoms with Crippen molar-refractivity contribution in [2.45, 2.75) is 27.2 Å². The van der Waals surface area contributed by atoms with Crippen LogP contribution in [-0.4, -0.2) is 11.1 Å². The van der Waals surface area contributed by atoms with E-state index < -0.39 is 0 Å². The molecule has 0 aliphatic carbocycles. The first-order valence-corrected chi connectivity index (χ1v) is 6.56. The summed E-state index contributed by atoms with van der Waals surface area (Å²) < 4.78 is 2.27. The van der Waals surface area contributed by atoms with Crippen LogP contribution in [0.5, 0.6) is 0 Å². The van der Waals surface area contributed by atoms with Crippen LogP contribution in [-0.2, 0) is 6.42 Å². The van der Waals surface area contributed by atoms with Gasteiger partial charge in [0, 0.05) is 22.1 Å². The number of aromatic nitrogens is 1. The summed E-state index contributed by atoms with van der Waals surface area (Å²) in [4.78, 5) is 0. The summed E-state index contributed by atoms with van der Waals surface area (Å²) in [5, 5.41) is 0.779. The highest BCUT2D eigenvalue weighted by Crippen LogP contribution is 2.25. The second-order valence-corrected chi connectivity index (χ2v) is 5.14. The minimum Gasteiger partial charge on any atom is -0.330 e. The summed E-state index contributed by atoms with van der Waals surface area (Å²) in [5.41, 5.74) is 11.9. The quantitative estimate of drug-likeness (QED) is 0.901. The average molecular weight is 263 g/mol. The van der Waals surface area contributed by atoms with E-state index in [2.05, 4.69) is 37.5 Å². The molecule has 3 heteroatoms. The number of hydrogen-bond donors (Lipinski definition) is 1. The van der Waals surface area contributed by atoms with Gasteiger partial charge in [-0.15, -0.1) is 0 Å². The number of hydrogen-bond acceptors (Lipinski definition) is 1. The smallest absolute Gasteiger partial charge is 0.0485 e. The molecule has 0 atom stereocenters. The molecule has 96 valence electrons. The van der Waals surface area contributed by atoms with E-state index in [0.29, 0.717) is 6.54 Å². The van der Waals surface area contributed by atoms with Crippen molar-refractivity contribution in [1.29, 1.82) is 0 Å². The fourth-order valence-electron chi connectivity index (χ4n) is 2.48. The van der Waals surface area contributed by atoms with Gasteiger partial charge in [0.05, 0.1) is 0 Å². The number of rotatable bonds is 3. The zero-order valence-corrected chi connectivity index (χ0v) is 11.9. The second kappa shape index (κ2) is 5.17. The van der Waals surface area contributed by atoms with Crippen LogP contribution in [0.25, 0.3) is 5.69 Å². The van der Waals surface area contributed by atoms with Gasteiger partial charge in [-0.1, -0.05) is 11.6 Å². The maximum absolute atomic E-state index is 6.01. The van der Waals surface area contributed by atoms with E-state index in [1.54, 1.807) is 0 Å². The fourth-order valence-corrected chi connectivity index (χ4v) is 2.70. The van der Waals surface area contributed by atoms with Crippen LogP contribution in [0.15, 0.2) is 24.3 Å². The van der Waals surface area contributed by atoms with Crippen LogP contribution in [0, 0.1) is 20.8 Å². The molecular formula is C15H19ClN2. The van der Waals surface area contributed by atoms with Crippen molar-refractivity contribution in [3.8, 4) is 5.69 Å². The molecule has 1 heterocycles. The highest BCUT2D eigenvalue weighted by molar-refractivity contribution is 6.30. The number of halogens is 1. The molecule has 2 aromatic rings. The summed E-state index contributed by atoms with van der Waals surface area (Å²) in [5.74, 6) is 0. The highest BCUT2D eigenvalue weighted by Gasteiger charge is 2.11. The molecular weight excluding hydrogens is 244 g/mol. The van der Waals surface area contributed by atoms with Gasteiger partial charge in [0.15, 0.2) is 0 Å². The third kappa shape index (κ3) is 2.31. The zero-order chi connectivity index (χ0) is 13.3. The molecule has 2 nitrogen and oxygen atoms in total. The van der Waals surface area contributed by atoms with E-state index >= 15 is 0 Å². The third-order valence-corrected chi connectivity index (χ3v) is 3.58. The van der Waals surface area contributed by atoms with Gasteiger partial charge in [-0.3, -0.25) is 0 Å². The van der Waals surface area contributed by atoms with E-state index in [0.717, 1.165) is 11.4 Å². The van der Waals surface area contributed by atoms with Crippen molar-refractivity contribution in [3.63, 3.8) is 0 Å². The molecule has 0 unspecified atom stereocenters. The van der Waals surface area contributed by atoms with E-state index in [9.17, 15) is 0 Å². The second-order valence-electron chi connectivity index (χ2n) is 4.70. The van der Waals surface area contributed by atoms with Crippen molar-refractivity contribution in [1.82, 2.24) is 4.57 Å². The van der Waals surface area contributed by atoms with Gasteiger partial charge < -0.3 is 10.3 Å². The van der Waals surface area contributed by atoms with Gasteiger partial charge >= 0.3 is 0 Å².